The number of amides is 6. The molecule has 6 atom stereocenters. The molecule has 0 aromatic carbocycles. The zero-order valence-electron chi connectivity index (χ0n) is 22.2. The lowest BCUT2D eigenvalue weighted by molar-refractivity contribution is -0.143. The molecular formula is C21H35N7O14. The van der Waals surface area contributed by atoms with Crippen LogP contribution >= 0.6 is 0 Å². The van der Waals surface area contributed by atoms with Crippen LogP contribution in [0.1, 0.15) is 13.3 Å². The smallest absolute Gasteiger partial charge is 0.328 e. The minimum Gasteiger partial charge on any atom is -0.481 e. The first kappa shape index (κ1) is 37.6. The fourth-order valence-corrected chi connectivity index (χ4v) is 2.77. The molecule has 0 radical (unpaired) electrons. The van der Waals surface area contributed by atoms with Crippen LogP contribution in [-0.2, 0) is 38.4 Å². The second-order valence-corrected chi connectivity index (χ2v) is 8.55. The van der Waals surface area contributed by atoms with Crippen LogP contribution in [-0.4, -0.2) is 147 Å². The summed E-state index contributed by atoms with van der Waals surface area (Å²) >= 11 is 0. The lowest BCUT2D eigenvalue weighted by Gasteiger charge is -2.22. The van der Waals surface area contributed by atoms with Crippen LogP contribution in [0.5, 0.6) is 0 Å². The van der Waals surface area contributed by atoms with Crippen molar-refractivity contribution in [1.82, 2.24) is 31.9 Å². The van der Waals surface area contributed by atoms with Gasteiger partial charge in [0.1, 0.15) is 30.2 Å². The van der Waals surface area contributed by atoms with Crippen molar-refractivity contribution in [3.8, 4) is 0 Å². The van der Waals surface area contributed by atoms with Gasteiger partial charge < -0.3 is 68.3 Å². The Morgan fingerprint density at radius 2 is 1.07 bits per heavy atom. The Hall–Kier alpha value is -4.44. The number of carboxylic acid groups (broad SMARTS) is 2. The Bertz CT molecular complexity index is 1010. The molecule has 14 N–H and O–H groups in total. The molecule has 0 aliphatic carbocycles. The van der Waals surface area contributed by atoms with E-state index < -0.39 is 123 Å². The SMILES string of the molecule is C[C@@H](O)[C@H](N)C(=O)N[C@@H](CC(=O)O)C(=O)NCC(=O)NCC(=O)N[C@@H](CO)C(=O)N[C@@H](CO)C(=O)N[C@@H](CO)C(=O)O. The summed E-state index contributed by atoms with van der Waals surface area (Å²) in [6.45, 7) is -3.41. The number of aliphatic carboxylic acids is 2. The van der Waals surface area contributed by atoms with Gasteiger partial charge in [-0.05, 0) is 6.92 Å². The number of hydrogen-bond donors (Lipinski definition) is 13. The van der Waals surface area contributed by atoms with Crippen molar-refractivity contribution in [2.45, 2.75) is 49.7 Å². The second-order valence-electron chi connectivity index (χ2n) is 8.55. The Kier molecular flexibility index (Phi) is 16.8. The molecule has 0 rings (SSSR count). The predicted molar refractivity (Wildman–Crippen MR) is 135 cm³/mol. The average Bonchev–Trinajstić information content (AvgIpc) is 2.93. The second kappa shape index (κ2) is 18.8. The summed E-state index contributed by atoms with van der Waals surface area (Å²) in [4.78, 5) is 94.6. The molecule has 0 unspecified atom stereocenters. The van der Waals surface area contributed by atoms with Crippen LogP contribution in [0.15, 0.2) is 0 Å². The number of hydrogen-bond acceptors (Lipinski definition) is 13. The van der Waals surface area contributed by atoms with Crippen molar-refractivity contribution in [1.29, 1.82) is 0 Å². The van der Waals surface area contributed by atoms with E-state index in [-0.39, 0.29) is 0 Å². The van der Waals surface area contributed by atoms with Crippen LogP contribution in [0.25, 0.3) is 0 Å². The van der Waals surface area contributed by atoms with Crippen molar-refractivity contribution in [2.24, 2.45) is 5.73 Å². The molecule has 0 bridgehead atoms. The molecule has 21 heteroatoms. The number of aliphatic hydroxyl groups excluding tert-OH is 4. The van der Waals surface area contributed by atoms with Crippen molar-refractivity contribution >= 4 is 47.4 Å². The van der Waals surface area contributed by atoms with Gasteiger partial charge in [0.05, 0.1) is 45.4 Å². The molecule has 6 amide bonds. The zero-order chi connectivity index (χ0) is 32.6. The van der Waals surface area contributed by atoms with Crippen LogP contribution in [0.2, 0.25) is 0 Å². The first-order valence-electron chi connectivity index (χ1n) is 12.0. The molecule has 42 heavy (non-hydrogen) atoms. The van der Waals surface area contributed by atoms with E-state index in [9.17, 15) is 53.7 Å². The van der Waals surface area contributed by atoms with Gasteiger partial charge in [-0.25, -0.2) is 4.79 Å². The maximum Gasteiger partial charge on any atom is 0.328 e. The first-order chi connectivity index (χ1) is 19.6. The normalized spacial score (nSPS) is 14.9. The fraction of sp³-hybridized carbons (Fsp3) is 0.619. The summed E-state index contributed by atoms with van der Waals surface area (Å²) in [5.41, 5.74) is 5.43. The monoisotopic (exact) mass is 609 g/mol. The third kappa shape index (κ3) is 13.8. The fourth-order valence-electron chi connectivity index (χ4n) is 2.77. The van der Waals surface area contributed by atoms with Crippen LogP contribution in [0.3, 0.4) is 0 Å². The highest BCUT2D eigenvalue weighted by Crippen LogP contribution is 1.97. The molecule has 0 saturated heterocycles. The molecule has 21 nitrogen and oxygen atoms in total. The summed E-state index contributed by atoms with van der Waals surface area (Å²) in [6, 6.07) is -8.29. The van der Waals surface area contributed by atoms with E-state index in [1.54, 1.807) is 0 Å². The van der Waals surface area contributed by atoms with E-state index in [0.29, 0.717) is 0 Å². The minimum absolute atomic E-state index is 0.789. The van der Waals surface area contributed by atoms with Gasteiger partial charge in [-0.15, -0.1) is 0 Å². The number of nitrogens with two attached hydrogens (primary N) is 1. The summed E-state index contributed by atoms with van der Waals surface area (Å²) < 4.78 is 0. The van der Waals surface area contributed by atoms with Gasteiger partial charge in [-0.3, -0.25) is 33.6 Å². The lowest BCUT2D eigenvalue weighted by Crippen LogP contribution is -2.58. The van der Waals surface area contributed by atoms with Crippen molar-refractivity contribution in [3.63, 3.8) is 0 Å². The van der Waals surface area contributed by atoms with Gasteiger partial charge in [0.25, 0.3) is 0 Å². The van der Waals surface area contributed by atoms with E-state index in [1.165, 1.54) is 6.92 Å². The molecule has 0 saturated carbocycles. The Labute approximate surface area is 237 Å². The van der Waals surface area contributed by atoms with Gasteiger partial charge in [0.2, 0.25) is 35.4 Å². The number of aliphatic hydroxyl groups is 4. The molecule has 0 fully saturated rings. The quantitative estimate of drug-likeness (QED) is 0.0646. The Balaban J connectivity index is 4.90. The Morgan fingerprint density at radius 1 is 0.619 bits per heavy atom. The van der Waals surface area contributed by atoms with E-state index in [0.717, 1.165) is 0 Å². The standard InChI is InChI=1S/C21H35N7O14/c1-8(32)16(22)20(40)26-9(2-15(35)36)17(37)24-3-13(33)23-4-14(34)25-10(5-29)18(38)27-11(6-30)19(39)28-12(7-31)21(41)42/h8-12,16,29-32H,2-7,22H2,1H3,(H,23,33)(H,24,37)(H,25,34)(H,26,40)(H,27,38)(H,28,39)(H,35,36)(H,41,42)/t8-,9+,10+,11+,12+,16+/m1/s1. The maximum absolute atomic E-state index is 12.3. The highest BCUT2D eigenvalue weighted by molar-refractivity contribution is 5.96. The number of carboxylic acids is 2. The van der Waals surface area contributed by atoms with E-state index in [4.69, 9.17) is 21.1 Å². The molecule has 0 aliphatic rings. The third-order valence-electron chi connectivity index (χ3n) is 5.15. The van der Waals surface area contributed by atoms with Crippen molar-refractivity contribution in [3.05, 3.63) is 0 Å². The molecule has 0 heterocycles. The summed E-state index contributed by atoms with van der Waals surface area (Å²) in [7, 11) is 0. The summed E-state index contributed by atoms with van der Waals surface area (Å²) in [5.74, 6) is -9.60. The van der Waals surface area contributed by atoms with Gasteiger partial charge in [0.15, 0.2) is 0 Å². The van der Waals surface area contributed by atoms with Crippen LogP contribution in [0, 0.1) is 0 Å². The van der Waals surface area contributed by atoms with Gasteiger partial charge in [-0.2, -0.15) is 0 Å². The van der Waals surface area contributed by atoms with Gasteiger partial charge in [0, 0.05) is 0 Å². The topological polar surface area (TPSA) is 356 Å². The van der Waals surface area contributed by atoms with Crippen molar-refractivity contribution in [2.75, 3.05) is 32.9 Å². The molecular weight excluding hydrogens is 574 g/mol. The van der Waals surface area contributed by atoms with E-state index >= 15 is 0 Å². The number of carbonyl (C=O) groups is 8. The maximum atomic E-state index is 12.3. The largest absolute Gasteiger partial charge is 0.481 e. The van der Waals surface area contributed by atoms with Gasteiger partial charge >= 0.3 is 11.9 Å². The van der Waals surface area contributed by atoms with Crippen LogP contribution < -0.4 is 37.6 Å². The molecule has 0 aliphatic heterocycles. The van der Waals surface area contributed by atoms with E-state index in [2.05, 4.69) is 0 Å². The molecule has 0 aromatic rings. The highest BCUT2D eigenvalue weighted by atomic mass is 16.4. The van der Waals surface area contributed by atoms with Crippen molar-refractivity contribution < 1.29 is 69.0 Å². The minimum atomic E-state index is -1.74. The summed E-state index contributed by atoms with van der Waals surface area (Å²) in [6.07, 6.45) is -2.20. The average molecular weight is 610 g/mol. The van der Waals surface area contributed by atoms with Crippen LogP contribution in [0.4, 0.5) is 0 Å². The molecule has 238 valence electrons. The number of rotatable bonds is 19. The molecule has 0 spiro atoms. The number of nitrogens with one attached hydrogen (secondary N) is 6. The highest BCUT2D eigenvalue weighted by Gasteiger charge is 2.30. The van der Waals surface area contributed by atoms with E-state index in [1.807, 2.05) is 31.9 Å². The Morgan fingerprint density at radius 3 is 1.52 bits per heavy atom. The predicted octanol–water partition coefficient (Wildman–Crippen LogP) is -8.60. The molecule has 0 aromatic heterocycles. The number of carbonyl (C=O) groups excluding carboxylic acids is 6. The third-order valence-corrected chi connectivity index (χ3v) is 5.15. The lowest BCUT2D eigenvalue weighted by atomic mass is 10.1. The zero-order valence-corrected chi connectivity index (χ0v) is 22.2. The first-order valence-corrected chi connectivity index (χ1v) is 12.0. The summed E-state index contributed by atoms with van der Waals surface area (Å²) in [5, 5.41) is 66.8. The van der Waals surface area contributed by atoms with Gasteiger partial charge in [-0.1, -0.05) is 0 Å².